The summed E-state index contributed by atoms with van der Waals surface area (Å²) in [5.74, 6) is 0. The van der Waals surface area contributed by atoms with E-state index in [-0.39, 0.29) is 0 Å². The Hall–Kier alpha value is -4.33. The number of aromatic nitrogens is 8. The molecule has 0 aliphatic rings. The van der Waals surface area contributed by atoms with Gasteiger partial charge >= 0.3 is 0 Å². The average molecular weight is 406 g/mol. The molecular weight excluding hydrogens is 388 g/mol. The molecule has 0 saturated heterocycles. The molecule has 0 radical (unpaired) electrons. The summed E-state index contributed by atoms with van der Waals surface area (Å²) in [6, 6.07) is 8.15. The zero-order chi connectivity index (χ0) is 20.9. The fourth-order valence-corrected chi connectivity index (χ4v) is 3.94. The van der Waals surface area contributed by atoms with Gasteiger partial charge in [-0.2, -0.15) is 5.10 Å². The zero-order valence-corrected chi connectivity index (χ0v) is 17.0. The van der Waals surface area contributed by atoms with Crippen LogP contribution < -0.4 is 0 Å². The molecule has 8 heteroatoms. The second-order valence-corrected chi connectivity index (χ2v) is 7.58. The lowest BCUT2D eigenvalue weighted by atomic mass is 10.0. The molecule has 0 atom stereocenters. The number of aryl methyl sites for hydroxylation is 2. The highest BCUT2D eigenvalue weighted by Gasteiger charge is 2.16. The summed E-state index contributed by atoms with van der Waals surface area (Å²) in [5.41, 5.74) is 8.39. The summed E-state index contributed by atoms with van der Waals surface area (Å²) in [6.45, 7) is 4.04. The lowest BCUT2D eigenvalue weighted by Gasteiger charge is -2.04. The highest BCUT2D eigenvalue weighted by atomic mass is 15.2. The van der Waals surface area contributed by atoms with E-state index in [1.54, 1.807) is 12.4 Å². The van der Waals surface area contributed by atoms with Gasteiger partial charge in [0.15, 0.2) is 5.65 Å². The summed E-state index contributed by atoms with van der Waals surface area (Å²) in [7, 11) is 0. The fourth-order valence-electron chi connectivity index (χ4n) is 3.94. The third-order valence-electron chi connectivity index (χ3n) is 5.52. The van der Waals surface area contributed by atoms with E-state index in [1.807, 2.05) is 48.5 Å². The van der Waals surface area contributed by atoms with Gasteiger partial charge < -0.3 is 9.55 Å². The number of nitrogens with one attached hydrogen (secondary N) is 2. The Bertz CT molecular complexity index is 1570. The molecule has 0 amide bonds. The van der Waals surface area contributed by atoms with Crippen molar-refractivity contribution in [1.82, 2.24) is 39.7 Å². The van der Waals surface area contributed by atoms with E-state index >= 15 is 0 Å². The number of nitrogens with zero attached hydrogens (tertiary/aromatic N) is 6. The van der Waals surface area contributed by atoms with Crippen molar-refractivity contribution in [3.05, 3.63) is 72.8 Å². The molecule has 0 unspecified atom stereocenters. The van der Waals surface area contributed by atoms with E-state index in [2.05, 4.69) is 54.2 Å². The van der Waals surface area contributed by atoms with Gasteiger partial charge in [0.1, 0.15) is 11.3 Å². The molecule has 6 heterocycles. The van der Waals surface area contributed by atoms with Crippen molar-refractivity contribution in [3.63, 3.8) is 0 Å². The van der Waals surface area contributed by atoms with Crippen molar-refractivity contribution in [2.45, 2.75) is 13.8 Å². The van der Waals surface area contributed by atoms with Crippen LogP contribution in [0.2, 0.25) is 0 Å². The summed E-state index contributed by atoms with van der Waals surface area (Å²) in [6.07, 6.45) is 11.1. The molecule has 0 bridgehead atoms. The number of imidazole rings is 1. The minimum atomic E-state index is 0.734. The number of aromatic amines is 2. The van der Waals surface area contributed by atoms with Crippen LogP contribution in [0.3, 0.4) is 0 Å². The van der Waals surface area contributed by atoms with Gasteiger partial charge in [-0.1, -0.05) is 0 Å². The van der Waals surface area contributed by atoms with Crippen molar-refractivity contribution in [2.75, 3.05) is 0 Å². The number of H-pyrrole nitrogens is 2. The Balaban J connectivity index is 1.52. The molecular formula is C23H18N8. The summed E-state index contributed by atoms with van der Waals surface area (Å²) in [5, 5.41) is 9.52. The van der Waals surface area contributed by atoms with Crippen molar-refractivity contribution in [2.24, 2.45) is 0 Å². The summed E-state index contributed by atoms with van der Waals surface area (Å²) in [4.78, 5) is 21.1. The third kappa shape index (κ3) is 2.80. The highest BCUT2D eigenvalue weighted by Crippen LogP contribution is 2.32. The second-order valence-electron chi connectivity index (χ2n) is 7.58. The first-order valence-corrected chi connectivity index (χ1v) is 9.91. The summed E-state index contributed by atoms with van der Waals surface area (Å²) < 4.78 is 2.00. The second kappa shape index (κ2) is 6.60. The van der Waals surface area contributed by atoms with E-state index in [4.69, 9.17) is 0 Å². The maximum absolute atomic E-state index is 4.58. The molecule has 6 aromatic rings. The van der Waals surface area contributed by atoms with Crippen LogP contribution in [0.25, 0.3) is 50.3 Å². The minimum Gasteiger partial charge on any atom is -0.338 e. The van der Waals surface area contributed by atoms with Crippen molar-refractivity contribution in [1.29, 1.82) is 0 Å². The van der Waals surface area contributed by atoms with Gasteiger partial charge in [-0.25, -0.2) is 15.0 Å². The van der Waals surface area contributed by atoms with Gasteiger partial charge in [-0.15, -0.1) is 0 Å². The smallest absolute Gasteiger partial charge is 0.155 e. The largest absolute Gasteiger partial charge is 0.338 e. The van der Waals surface area contributed by atoms with Gasteiger partial charge in [0.2, 0.25) is 0 Å². The van der Waals surface area contributed by atoms with Crippen LogP contribution in [0.5, 0.6) is 0 Å². The molecule has 6 rings (SSSR count). The molecule has 6 aromatic heterocycles. The lowest BCUT2D eigenvalue weighted by Crippen LogP contribution is -1.91. The molecule has 8 nitrogen and oxygen atoms in total. The van der Waals surface area contributed by atoms with E-state index in [0.717, 1.165) is 61.5 Å². The number of pyridine rings is 3. The lowest BCUT2D eigenvalue weighted by molar-refractivity contribution is 1.06. The first-order valence-electron chi connectivity index (χ1n) is 9.91. The van der Waals surface area contributed by atoms with Crippen molar-refractivity contribution in [3.8, 4) is 28.2 Å². The quantitative estimate of drug-likeness (QED) is 0.455. The zero-order valence-electron chi connectivity index (χ0n) is 17.0. The topological polar surface area (TPSA) is 101 Å². The van der Waals surface area contributed by atoms with E-state index in [1.165, 1.54) is 0 Å². The van der Waals surface area contributed by atoms with Crippen LogP contribution in [0, 0.1) is 13.8 Å². The number of hydrogen-bond acceptors (Lipinski definition) is 5. The Labute approximate surface area is 177 Å². The van der Waals surface area contributed by atoms with Gasteiger partial charge in [-0.3, -0.25) is 10.1 Å². The standard InChI is InChI=1S/C23H18N8/c1-13-3-5-24-10-18(13)15-7-17-21(29-30-23(17)26-9-15)19-8-16-20(4-6-25-22(16)28-19)31-11-14(2)27-12-31/h3-12H,1-2H3,(H,25,28)(H,26,29,30). The monoisotopic (exact) mass is 406 g/mol. The fraction of sp³-hybridized carbons (Fsp3) is 0.0870. The van der Waals surface area contributed by atoms with E-state index in [0.29, 0.717) is 0 Å². The number of fused-ring (bicyclic) bond motifs is 2. The van der Waals surface area contributed by atoms with Crippen LogP contribution in [-0.4, -0.2) is 39.7 Å². The SMILES string of the molecule is Cc1cn(-c2ccnc3[nH]c(-c4n[nH]c5ncc(-c6cnccc6C)cc45)cc23)cn1. The van der Waals surface area contributed by atoms with Crippen molar-refractivity contribution < 1.29 is 0 Å². The van der Waals surface area contributed by atoms with Crippen LogP contribution in [0.4, 0.5) is 0 Å². The third-order valence-corrected chi connectivity index (χ3v) is 5.52. The Morgan fingerprint density at radius 2 is 1.84 bits per heavy atom. The van der Waals surface area contributed by atoms with Crippen LogP contribution in [0.15, 0.2) is 61.6 Å². The molecule has 0 fully saturated rings. The maximum Gasteiger partial charge on any atom is 0.155 e. The molecule has 0 aliphatic carbocycles. The molecule has 2 N–H and O–H groups in total. The molecule has 0 aliphatic heterocycles. The molecule has 0 spiro atoms. The Kier molecular flexibility index (Phi) is 3.73. The predicted molar refractivity (Wildman–Crippen MR) is 119 cm³/mol. The minimum absolute atomic E-state index is 0.734. The number of rotatable bonds is 3. The van der Waals surface area contributed by atoms with Gasteiger partial charge in [0.05, 0.1) is 23.4 Å². The Morgan fingerprint density at radius 3 is 2.68 bits per heavy atom. The molecule has 0 aromatic carbocycles. The first kappa shape index (κ1) is 17.5. The normalized spacial score (nSPS) is 11.5. The Morgan fingerprint density at radius 1 is 0.903 bits per heavy atom. The molecule has 0 saturated carbocycles. The maximum atomic E-state index is 4.58. The number of hydrogen-bond donors (Lipinski definition) is 2. The summed E-state index contributed by atoms with van der Waals surface area (Å²) >= 11 is 0. The predicted octanol–water partition coefficient (Wildman–Crippen LogP) is 4.37. The van der Waals surface area contributed by atoms with Crippen LogP contribution in [-0.2, 0) is 0 Å². The average Bonchev–Trinajstić information content (AvgIpc) is 3.50. The molecule has 31 heavy (non-hydrogen) atoms. The van der Waals surface area contributed by atoms with Crippen LogP contribution >= 0.6 is 0 Å². The van der Waals surface area contributed by atoms with Crippen molar-refractivity contribution >= 4 is 22.1 Å². The highest BCUT2D eigenvalue weighted by molar-refractivity contribution is 5.97. The van der Waals surface area contributed by atoms with Gasteiger partial charge in [-0.05, 0) is 43.7 Å². The first-order chi connectivity index (χ1) is 15.2. The van der Waals surface area contributed by atoms with E-state index < -0.39 is 0 Å². The van der Waals surface area contributed by atoms with Gasteiger partial charge in [0.25, 0.3) is 0 Å². The van der Waals surface area contributed by atoms with Gasteiger partial charge in [0, 0.05) is 52.9 Å². The molecule has 150 valence electrons. The van der Waals surface area contributed by atoms with Crippen LogP contribution in [0.1, 0.15) is 11.3 Å². The van der Waals surface area contributed by atoms with E-state index in [9.17, 15) is 0 Å².